The van der Waals surface area contributed by atoms with Crippen LogP contribution in [0.1, 0.15) is 59.3 Å². The SMILES string of the molecule is CCNC(=NCC(C)(C)N1CCCCC1)N1CCC(OCCCOC)CC1. The zero-order chi connectivity index (χ0) is 19.5. The van der Waals surface area contributed by atoms with Gasteiger partial charge in [0.25, 0.3) is 0 Å². The third-order valence-corrected chi connectivity index (χ3v) is 5.75. The number of hydrogen-bond acceptors (Lipinski definition) is 4. The van der Waals surface area contributed by atoms with Gasteiger partial charge in [-0.15, -0.1) is 0 Å². The van der Waals surface area contributed by atoms with Gasteiger partial charge in [-0.25, -0.2) is 0 Å². The Balaban J connectivity index is 1.82. The Hall–Kier alpha value is -0.850. The van der Waals surface area contributed by atoms with Crippen molar-refractivity contribution in [1.29, 1.82) is 0 Å². The largest absolute Gasteiger partial charge is 0.385 e. The summed E-state index contributed by atoms with van der Waals surface area (Å²) in [5, 5.41) is 3.50. The van der Waals surface area contributed by atoms with E-state index in [9.17, 15) is 0 Å². The van der Waals surface area contributed by atoms with Crippen molar-refractivity contribution in [3.8, 4) is 0 Å². The fourth-order valence-corrected chi connectivity index (χ4v) is 3.98. The zero-order valence-electron chi connectivity index (χ0n) is 18.1. The number of ether oxygens (including phenoxy) is 2. The summed E-state index contributed by atoms with van der Waals surface area (Å²) in [4.78, 5) is 10.1. The number of nitrogens with zero attached hydrogens (tertiary/aromatic N) is 3. The Bertz CT molecular complexity index is 428. The van der Waals surface area contributed by atoms with Gasteiger partial charge < -0.3 is 19.7 Å². The Morgan fingerprint density at radius 2 is 1.78 bits per heavy atom. The molecule has 2 heterocycles. The van der Waals surface area contributed by atoms with Gasteiger partial charge in [-0.05, 0) is 66.0 Å². The van der Waals surface area contributed by atoms with E-state index in [0.29, 0.717) is 6.10 Å². The van der Waals surface area contributed by atoms with Crippen molar-refractivity contribution in [2.75, 3.05) is 59.6 Å². The molecule has 1 N–H and O–H groups in total. The molecular formula is C21H42N4O2. The molecule has 0 unspecified atom stereocenters. The Labute approximate surface area is 166 Å². The van der Waals surface area contributed by atoms with Gasteiger partial charge in [0.05, 0.1) is 12.6 Å². The second kappa shape index (κ2) is 11.9. The van der Waals surface area contributed by atoms with E-state index in [2.05, 4.69) is 35.9 Å². The molecule has 0 amide bonds. The Kier molecular flexibility index (Phi) is 9.87. The van der Waals surface area contributed by atoms with Crippen LogP contribution in [0.2, 0.25) is 0 Å². The van der Waals surface area contributed by atoms with Crippen LogP contribution in [-0.2, 0) is 9.47 Å². The van der Waals surface area contributed by atoms with Crippen LogP contribution in [0.25, 0.3) is 0 Å². The second-order valence-corrected chi connectivity index (χ2v) is 8.43. The molecule has 27 heavy (non-hydrogen) atoms. The predicted molar refractivity (Wildman–Crippen MR) is 113 cm³/mol. The van der Waals surface area contributed by atoms with Crippen molar-refractivity contribution in [2.24, 2.45) is 4.99 Å². The number of guanidine groups is 1. The highest BCUT2D eigenvalue weighted by molar-refractivity contribution is 5.80. The monoisotopic (exact) mass is 382 g/mol. The highest BCUT2D eigenvalue weighted by Crippen LogP contribution is 2.21. The molecule has 0 bridgehead atoms. The van der Waals surface area contributed by atoms with Crippen LogP contribution in [0.15, 0.2) is 4.99 Å². The van der Waals surface area contributed by atoms with E-state index in [1.165, 1.54) is 32.4 Å². The lowest BCUT2D eigenvalue weighted by Crippen LogP contribution is -2.51. The third kappa shape index (κ3) is 7.59. The molecule has 0 aromatic heterocycles. The molecule has 2 aliphatic heterocycles. The first-order chi connectivity index (χ1) is 13.1. The van der Waals surface area contributed by atoms with Crippen molar-refractivity contribution in [1.82, 2.24) is 15.1 Å². The van der Waals surface area contributed by atoms with E-state index in [0.717, 1.165) is 64.6 Å². The average molecular weight is 383 g/mol. The number of nitrogens with one attached hydrogen (secondary N) is 1. The smallest absolute Gasteiger partial charge is 0.193 e. The lowest BCUT2D eigenvalue weighted by Gasteiger charge is -2.40. The van der Waals surface area contributed by atoms with E-state index < -0.39 is 0 Å². The average Bonchev–Trinajstić information content (AvgIpc) is 2.70. The van der Waals surface area contributed by atoms with Crippen LogP contribution >= 0.6 is 0 Å². The van der Waals surface area contributed by atoms with Gasteiger partial charge in [0, 0.05) is 45.5 Å². The van der Waals surface area contributed by atoms with Gasteiger partial charge in [0.2, 0.25) is 0 Å². The summed E-state index contributed by atoms with van der Waals surface area (Å²) in [6, 6.07) is 0. The van der Waals surface area contributed by atoms with E-state index in [4.69, 9.17) is 14.5 Å². The van der Waals surface area contributed by atoms with Crippen LogP contribution in [-0.4, -0.2) is 87.0 Å². The number of rotatable bonds is 9. The van der Waals surface area contributed by atoms with Crippen LogP contribution in [0.3, 0.4) is 0 Å². The lowest BCUT2D eigenvalue weighted by molar-refractivity contribution is 0.00983. The molecule has 2 aliphatic rings. The predicted octanol–water partition coefficient (Wildman–Crippen LogP) is 2.73. The summed E-state index contributed by atoms with van der Waals surface area (Å²) < 4.78 is 11.1. The summed E-state index contributed by atoms with van der Waals surface area (Å²) in [7, 11) is 1.74. The summed E-state index contributed by atoms with van der Waals surface area (Å²) >= 11 is 0. The van der Waals surface area contributed by atoms with Crippen molar-refractivity contribution >= 4 is 5.96 Å². The molecule has 0 spiro atoms. The van der Waals surface area contributed by atoms with Gasteiger partial charge in [0.1, 0.15) is 0 Å². The summed E-state index contributed by atoms with van der Waals surface area (Å²) in [5.41, 5.74) is 0.129. The maximum Gasteiger partial charge on any atom is 0.193 e. The fraction of sp³-hybridized carbons (Fsp3) is 0.952. The van der Waals surface area contributed by atoms with E-state index >= 15 is 0 Å². The van der Waals surface area contributed by atoms with Crippen molar-refractivity contribution < 1.29 is 9.47 Å². The lowest BCUT2D eigenvalue weighted by atomic mass is 9.99. The number of hydrogen-bond donors (Lipinski definition) is 1. The Morgan fingerprint density at radius 1 is 1.07 bits per heavy atom. The minimum atomic E-state index is 0.129. The standard InChI is InChI=1S/C21H42N4O2/c1-5-22-20(23-18-21(2,3)25-12-7-6-8-13-25)24-14-10-19(11-15-24)27-17-9-16-26-4/h19H,5-18H2,1-4H3,(H,22,23). The molecule has 0 radical (unpaired) electrons. The molecule has 0 aromatic rings. The first-order valence-electron chi connectivity index (χ1n) is 11.0. The molecule has 6 nitrogen and oxygen atoms in total. The molecule has 2 saturated heterocycles. The first-order valence-corrected chi connectivity index (χ1v) is 11.0. The van der Waals surface area contributed by atoms with Gasteiger partial charge in [-0.1, -0.05) is 6.42 Å². The molecule has 0 saturated carbocycles. The zero-order valence-corrected chi connectivity index (χ0v) is 18.1. The summed E-state index contributed by atoms with van der Waals surface area (Å²) in [6.45, 7) is 14.6. The first kappa shape index (κ1) is 22.4. The second-order valence-electron chi connectivity index (χ2n) is 8.43. The minimum Gasteiger partial charge on any atom is -0.385 e. The van der Waals surface area contributed by atoms with Crippen molar-refractivity contribution in [3.05, 3.63) is 0 Å². The van der Waals surface area contributed by atoms with Gasteiger partial charge >= 0.3 is 0 Å². The van der Waals surface area contributed by atoms with Crippen LogP contribution in [0.4, 0.5) is 0 Å². The van der Waals surface area contributed by atoms with E-state index in [-0.39, 0.29) is 5.54 Å². The molecule has 158 valence electrons. The molecule has 0 aromatic carbocycles. The molecule has 0 aliphatic carbocycles. The topological polar surface area (TPSA) is 49.3 Å². The highest BCUT2D eigenvalue weighted by Gasteiger charge is 2.28. The summed E-state index contributed by atoms with van der Waals surface area (Å²) in [6.07, 6.45) is 7.54. The van der Waals surface area contributed by atoms with Crippen LogP contribution in [0, 0.1) is 0 Å². The van der Waals surface area contributed by atoms with Crippen molar-refractivity contribution in [2.45, 2.75) is 70.9 Å². The maximum absolute atomic E-state index is 5.99. The molecule has 2 rings (SSSR count). The quantitative estimate of drug-likeness (QED) is 0.377. The molecule has 0 atom stereocenters. The van der Waals surface area contributed by atoms with Gasteiger partial charge in [-0.2, -0.15) is 0 Å². The van der Waals surface area contributed by atoms with Crippen molar-refractivity contribution in [3.63, 3.8) is 0 Å². The highest BCUT2D eigenvalue weighted by atomic mass is 16.5. The normalized spacial score (nSPS) is 20.9. The third-order valence-electron chi connectivity index (χ3n) is 5.75. The molecule has 6 heteroatoms. The molecular weight excluding hydrogens is 340 g/mol. The van der Waals surface area contributed by atoms with Crippen LogP contribution < -0.4 is 5.32 Å². The van der Waals surface area contributed by atoms with E-state index in [1.54, 1.807) is 7.11 Å². The maximum atomic E-state index is 5.99. The molecule has 2 fully saturated rings. The number of likely N-dealkylation sites (tertiary alicyclic amines) is 2. The van der Waals surface area contributed by atoms with Crippen LogP contribution in [0.5, 0.6) is 0 Å². The number of methoxy groups -OCH3 is 1. The number of piperidine rings is 2. The fourth-order valence-electron chi connectivity index (χ4n) is 3.98. The number of aliphatic imine (C=N–C) groups is 1. The van der Waals surface area contributed by atoms with E-state index in [1.807, 2.05) is 0 Å². The van der Waals surface area contributed by atoms with Gasteiger partial charge in [-0.3, -0.25) is 9.89 Å². The summed E-state index contributed by atoms with van der Waals surface area (Å²) in [5.74, 6) is 1.07. The minimum absolute atomic E-state index is 0.129. The Morgan fingerprint density at radius 3 is 2.41 bits per heavy atom. The van der Waals surface area contributed by atoms with Gasteiger partial charge in [0.15, 0.2) is 5.96 Å².